The van der Waals surface area contributed by atoms with Crippen LogP contribution in [0.1, 0.15) is 15.9 Å². The minimum atomic E-state index is -4.53. The standard InChI is InChI=1S/C16H15F3N2O3/c1-10-5-6-11(8-13(10)24-2)14(22)20-12-4-3-7-21(15(12)23)9-16(17,18)19/h3-8H,9H2,1-2H3,(H,20,22). The number of amides is 1. The molecule has 0 radical (unpaired) electrons. The Labute approximate surface area is 135 Å². The Hall–Kier alpha value is -2.77. The van der Waals surface area contributed by atoms with E-state index in [1.54, 1.807) is 13.0 Å². The topological polar surface area (TPSA) is 60.3 Å². The van der Waals surface area contributed by atoms with Crippen molar-refractivity contribution in [2.75, 3.05) is 12.4 Å². The van der Waals surface area contributed by atoms with Gasteiger partial charge < -0.3 is 14.6 Å². The van der Waals surface area contributed by atoms with Gasteiger partial charge in [-0.25, -0.2) is 0 Å². The van der Waals surface area contributed by atoms with Crippen molar-refractivity contribution >= 4 is 11.6 Å². The van der Waals surface area contributed by atoms with Crippen molar-refractivity contribution < 1.29 is 22.7 Å². The third-order valence-corrected chi connectivity index (χ3v) is 3.29. The minimum Gasteiger partial charge on any atom is -0.496 e. The predicted molar refractivity (Wildman–Crippen MR) is 82.4 cm³/mol. The van der Waals surface area contributed by atoms with Crippen molar-refractivity contribution in [2.45, 2.75) is 19.6 Å². The maximum absolute atomic E-state index is 12.4. The molecule has 2 aromatic rings. The second kappa shape index (κ2) is 6.77. The number of aryl methyl sites for hydroxylation is 1. The average Bonchev–Trinajstić information content (AvgIpc) is 2.50. The zero-order chi connectivity index (χ0) is 17.9. The van der Waals surface area contributed by atoms with Crippen molar-refractivity contribution in [2.24, 2.45) is 0 Å². The summed E-state index contributed by atoms with van der Waals surface area (Å²) in [4.78, 5) is 24.2. The lowest BCUT2D eigenvalue weighted by Gasteiger charge is -2.12. The lowest BCUT2D eigenvalue weighted by Crippen LogP contribution is -2.30. The summed E-state index contributed by atoms with van der Waals surface area (Å²) in [7, 11) is 1.46. The van der Waals surface area contributed by atoms with Gasteiger partial charge >= 0.3 is 6.18 Å². The highest BCUT2D eigenvalue weighted by atomic mass is 19.4. The molecule has 0 aliphatic heterocycles. The number of carbonyl (C=O) groups excluding carboxylic acids is 1. The monoisotopic (exact) mass is 340 g/mol. The summed E-state index contributed by atoms with van der Waals surface area (Å²) in [5.74, 6) is -0.125. The normalized spacial score (nSPS) is 11.2. The molecule has 0 saturated carbocycles. The van der Waals surface area contributed by atoms with Gasteiger partial charge in [-0.05, 0) is 36.8 Å². The number of benzene rings is 1. The molecule has 0 spiro atoms. The number of halogens is 3. The van der Waals surface area contributed by atoms with E-state index in [9.17, 15) is 22.8 Å². The second-order valence-corrected chi connectivity index (χ2v) is 5.11. The molecule has 1 N–H and O–H groups in total. The van der Waals surface area contributed by atoms with E-state index in [0.29, 0.717) is 10.3 Å². The first-order valence-corrected chi connectivity index (χ1v) is 6.93. The number of hydrogen-bond acceptors (Lipinski definition) is 3. The smallest absolute Gasteiger partial charge is 0.406 e. The number of anilines is 1. The molecule has 8 heteroatoms. The van der Waals surface area contributed by atoms with Crippen LogP contribution in [-0.4, -0.2) is 23.8 Å². The Kier molecular flexibility index (Phi) is 4.96. The number of alkyl halides is 3. The molecule has 2 rings (SSSR count). The second-order valence-electron chi connectivity index (χ2n) is 5.11. The number of aromatic nitrogens is 1. The largest absolute Gasteiger partial charge is 0.496 e. The summed E-state index contributed by atoms with van der Waals surface area (Å²) >= 11 is 0. The van der Waals surface area contributed by atoms with Crippen LogP contribution in [0, 0.1) is 6.92 Å². The maximum atomic E-state index is 12.4. The average molecular weight is 340 g/mol. The number of nitrogens with one attached hydrogen (secondary N) is 1. The first-order valence-electron chi connectivity index (χ1n) is 6.93. The number of methoxy groups -OCH3 is 1. The summed E-state index contributed by atoms with van der Waals surface area (Å²) in [5.41, 5.74) is -0.113. The van der Waals surface area contributed by atoms with E-state index in [0.717, 1.165) is 11.8 Å². The van der Waals surface area contributed by atoms with E-state index in [2.05, 4.69) is 5.32 Å². The summed E-state index contributed by atoms with van der Waals surface area (Å²) in [6.45, 7) is 0.376. The molecule has 1 amide bonds. The van der Waals surface area contributed by atoms with Gasteiger partial charge in [-0.15, -0.1) is 0 Å². The summed E-state index contributed by atoms with van der Waals surface area (Å²) in [6.07, 6.45) is -3.52. The zero-order valence-corrected chi connectivity index (χ0v) is 13.0. The highest BCUT2D eigenvalue weighted by Gasteiger charge is 2.28. The van der Waals surface area contributed by atoms with Gasteiger partial charge in [0.05, 0.1) is 7.11 Å². The highest BCUT2D eigenvalue weighted by Crippen LogP contribution is 2.20. The Morgan fingerprint density at radius 1 is 1.29 bits per heavy atom. The third kappa shape index (κ3) is 4.15. The molecule has 1 heterocycles. The van der Waals surface area contributed by atoms with Crippen molar-refractivity contribution in [3.05, 3.63) is 58.0 Å². The number of nitrogens with zero attached hydrogens (tertiary/aromatic N) is 1. The molecule has 0 unspecified atom stereocenters. The molecule has 1 aromatic heterocycles. The first-order chi connectivity index (χ1) is 11.2. The molecule has 0 fully saturated rings. The lowest BCUT2D eigenvalue weighted by atomic mass is 10.1. The van der Waals surface area contributed by atoms with E-state index in [4.69, 9.17) is 4.74 Å². The number of rotatable bonds is 4. The maximum Gasteiger partial charge on any atom is 0.406 e. The lowest BCUT2D eigenvalue weighted by molar-refractivity contribution is -0.141. The van der Waals surface area contributed by atoms with Crippen LogP contribution in [0.15, 0.2) is 41.3 Å². The van der Waals surface area contributed by atoms with E-state index < -0.39 is 24.2 Å². The summed E-state index contributed by atoms with van der Waals surface area (Å²) < 4.78 is 42.9. The van der Waals surface area contributed by atoms with Crippen LogP contribution in [0.25, 0.3) is 0 Å². The van der Waals surface area contributed by atoms with Crippen LogP contribution >= 0.6 is 0 Å². The molecule has 1 aromatic carbocycles. The van der Waals surface area contributed by atoms with Gasteiger partial charge in [0.2, 0.25) is 0 Å². The van der Waals surface area contributed by atoms with Crippen LogP contribution in [0.2, 0.25) is 0 Å². The fourth-order valence-corrected chi connectivity index (χ4v) is 2.11. The Balaban J connectivity index is 2.27. The van der Waals surface area contributed by atoms with E-state index in [1.165, 1.54) is 31.4 Å². The van der Waals surface area contributed by atoms with Crippen LogP contribution in [0.5, 0.6) is 5.75 Å². The quantitative estimate of drug-likeness (QED) is 0.931. The molecule has 128 valence electrons. The molecule has 0 atom stereocenters. The van der Waals surface area contributed by atoms with Gasteiger partial charge in [0.15, 0.2) is 0 Å². The number of ether oxygens (including phenoxy) is 1. The fraction of sp³-hybridized carbons (Fsp3) is 0.250. The SMILES string of the molecule is COc1cc(C(=O)Nc2cccn(CC(F)(F)F)c2=O)ccc1C. The Morgan fingerprint density at radius 2 is 2.00 bits per heavy atom. The number of pyridine rings is 1. The van der Waals surface area contributed by atoms with Crippen LogP contribution in [0.3, 0.4) is 0 Å². The van der Waals surface area contributed by atoms with Crippen molar-refractivity contribution in [1.29, 1.82) is 0 Å². The molecule has 0 aliphatic rings. The molecule has 0 bridgehead atoms. The van der Waals surface area contributed by atoms with Crippen LogP contribution < -0.4 is 15.6 Å². The molecule has 24 heavy (non-hydrogen) atoms. The highest BCUT2D eigenvalue weighted by molar-refractivity contribution is 6.04. The minimum absolute atomic E-state index is 0.225. The van der Waals surface area contributed by atoms with Crippen molar-refractivity contribution in [3.8, 4) is 5.75 Å². The van der Waals surface area contributed by atoms with Gasteiger partial charge in [0, 0.05) is 11.8 Å². The summed E-state index contributed by atoms with van der Waals surface area (Å²) in [6, 6.07) is 7.20. The van der Waals surface area contributed by atoms with Gasteiger partial charge in [0.25, 0.3) is 11.5 Å². The zero-order valence-electron chi connectivity index (χ0n) is 13.0. The third-order valence-electron chi connectivity index (χ3n) is 3.29. The number of carbonyl (C=O) groups is 1. The van der Waals surface area contributed by atoms with Crippen molar-refractivity contribution in [1.82, 2.24) is 4.57 Å². The molecule has 0 saturated heterocycles. The van der Waals surface area contributed by atoms with Crippen LogP contribution in [-0.2, 0) is 6.54 Å². The van der Waals surface area contributed by atoms with Gasteiger partial charge in [-0.3, -0.25) is 9.59 Å². The van der Waals surface area contributed by atoms with E-state index in [-0.39, 0.29) is 11.3 Å². The summed E-state index contributed by atoms with van der Waals surface area (Å²) in [5, 5.41) is 2.33. The van der Waals surface area contributed by atoms with Crippen molar-refractivity contribution in [3.63, 3.8) is 0 Å². The fourth-order valence-electron chi connectivity index (χ4n) is 2.11. The number of hydrogen-bond donors (Lipinski definition) is 1. The Morgan fingerprint density at radius 3 is 2.62 bits per heavy atom. The first kappa shape index (κ1) is 17.6. The Bertz CT molecular complexity index is 813. The van der Waals surface area contributed by atoms with Gasteiger partial charge in [0.1, 0.15) is 18.0 Å². The van der Waals surface area contributed by atoms with E-state index in [1.807, 2.05) is 0 Å². The molecule has 5 nitrogen and oxygen atoms in total. The molecular weight excluding hydrogens is 325 g/mol. The molecule has 0 aliphatic carbocycles. The molecular formula is C16H15F3N2O3. The van der Waals surface area contributed by atoms with Crippen LogP contribution in [0.4, 0.5) is 18.9 Å². The van der Waals surface area contributed by atoms with Gasteiger partial charge in [-0.1, -0.05) is 6.07 Å². The van der Waals surface area contributed by atoms with Gasteiger partial charge in [-0.2, -0.15) is 13.2 Å². The predicted octanol–water partition coefficient (Wildman–Crippen LogP) is 2.98. The van der Waals surface area contributed by atoms with E-state index >= 15 is 0 Å².